The minimum absolute atomic E-state index is 0.00565. The lowest BCUT2D eigenvalue weighted by Crippen LogP contribution is -2.36. The Hall–Kier alpha value is -2.17. The van der Waals surface area contributed by atoms with Crippen LogP contribution >= 0.6 is 0 Å². The Kier molecular flexibility index (Phi) is 3.88. The van der Waals surface area contributed by atoms with Crippen LogP contribution in [-0.4, -0.2) is 22.9 Å². The number of imide groups is 1. The zero-order valence-corrected chi connectivity index (χ0v) is 11.6. The lowest BCUT2D eigenvalue weighted by molar-refractivity contribution is -0.125. The number of carboxylic acid groups (broad SMARTS) is 1. The van der Waals surface area contributed by atoms with E-state index in [4.69, 9.17) is 0 Å². The molecule has 5 heteroatoms. The van der Waals surface area contributed by atoms with Crippen LogP contribution in [0.3, 0.4) is 0 Å². The van der Waals surface area contributed by atoms with Gasteiger partial charge in [0.15, 0.2) is 0 Å². The third-order valence-electron chi connectivity index (χ3n) is 3.43. The van der Waals surface area contributed by atoms with Crippen LogP contribution in [0.25, 0.3) is 0 Å². The molecule has 106 valence electrons. The first-order valence-corrected chi connectivity index (χ1v) is 6.62. The summed E-state index contributed by atoms with van der Waals surface area (Å²) in [5.41, 5.74) is 1.65. The van der Waals surface area contributed by atoms with Gasteiger partial charge in [-0.05, 0) is 43.9 Å². The number of aromatic carboxylic acids is 1. The van der Waals surface area contributed by atoms with Gasteiger partial charge in [-0.25, -0.2) is 9.69 Å². The van der Waals surface area contributed by atoms with Crippen LogP contribution in [0, 0.1) is 13.8 Å². The van der Waals surface area contributed by atoms with Crippen molar-refractivity contribution in [2.45, 2.75) is 39.5 Å². The minimum atomic E-state index is -1.13. The quantitative estimate of drug-likeness (QED) is 0.841. The molecule has 0 atom stereocenters. The fourth-order valence-corrected chi connectivity index (χ4v) is 2.58. The molecule has 1 heterocycles. The molecule has 0 aliphatic carbocycles. The van der Waals surface area contributed by atoms with Crippen LogP contribution in [0.2, 0.25) is 0 Å². The molecule has 0 spiro atoms. The average Bonchev–Trinajstić information content (AvgIpc) is 2.51. The zero-order chi connectivity index (χ0) is 14.9. The minimum Gasteiger partial charge on any atom is -0.478 e. The van der Waals surface area contributed by atoms with Gasteiger partial charge < -0.3 is 5.11 Å². The Bertz CT molecular complexity index is 574. The highest BCUT2D eigenvalue weighted by molar-refractivity contribution is 6.18. The summed E-state index contributed by atoms with van der Waals surface area (Å²) in [7, 11) is 0. The molecule has 20 heavy (non-hydrogen) atoms. The normalized spacial score (nSPS) is 16.2. The second-order valence-electron chi connectivity index (χ2n) is 5.11. The summed E-state index contributed by atoms with van der Waals surface area (Å²) in [6.45, 7) is 3.51. The monoisotopic (exact) mass is 275 g/mol. The molecule has 1 aliphatic heterocycles. The van der Waals surface area contributed by atoms with Crippen molar-refractivity contribution in [2.75, 3.05) is 4.90 Å². The molecule has 1 saturated heterocycles. The van der Waals surface area contributed by atoms with E-state index in [1.807, 2.05) is 0 Å². The standard InChI is InChI=1S/C15H17NO4/c1-9-7-10(2)14(11(8-9)15(19)20)16-12(17)5-3-4-6-13(16)18/h7-8H,3-6H2,1-2H3,(H,19,20). The van der Waals surface area contributed by atoms with E-state index in [0.717, 1.165) is 10.5 Å². The molecule has 0 bridgehead atoms. The fourth-order valence-electron chi connectivity index (χ4n) is 2.58. The third kappa shape index (κ3) is 2.57. The predicted octanol–water partition coefficient (Wildman–Crippen LogP) is 2.44. The van der Waals surface area contributed by atoms with Crippen molar-refractivity contribution in [3.8, 4) is 0 Å². The number of aryl methyl sites for hydroxylation is 2. The Morgan fingerprint density at radius 2 is 1.65 bits per heavy atom. The number of amides is 2. The van der Waals surface area contributed by atoms with E-state index < -0.39 is 5.97 Å². The van der Waals surface area contributed by atoms with Gasteiger partial charge in [0.1, 0.15) is 0 Å². The SMILES string of the molecule is Cc1cc(C)c(N2C(=O)CCCCC2=O)c(C(=O)O)c1. The van der Waals surface area contributed by atoms with E-state index in [-0.39, 0.29) is 35.9 Å². The van der Waals surface area contributed by atoms with Crippen molar-refractivity contribution in [3.63, 3.8) is 0 Å². The van der Waals surface area contributed by atoms with Gasteiger partial charge in [-0.2, -0.15) is 0 Å². The van der Waals surface area contributed by atoms with Gasteiger partial charge >= 0.3 is 5.97 Å². The van der Waals surface area contributed by atoms with Gasteiger partial charge in [-0.1, -0.05) is 6.07 Å². The molecular formula is C15H17NO4. The maximum Gasteiger partial charge on any atom is 0.337 e. The molecular weight excluding hydrogens is 258 g/mol. The number of hydrogen-bond donors (Lipinski definition) is 1. The number of hydrogen-bond acceptors (Lipinski definition) is 3. The highest BCUT2D eigenvalue weighted by Gasteiger charge is 2.30. The first-order valence-electron chi connectivity index (χ1n) is 6.62. The van der Waals surface area contributed by atoms with E-state index in [9.17, 15) is 19.5 Å². The second kappa shape index (κ2) is 5.45. The maximum atomic E-state index is 12.1. The van der Waals surface area contributed by atoms with E-state index in [2.05, 4.69) is 0 Å². The fraction of sp³-hybridized carbons (Fsp3) is 0.400. The number of carbonyl (C=O) groups excluding carboxylic acids is 2. The zero-order valence-electron chi connectivity index (χ0n) is 11.6. The molecule has 2 amide bonds. The van der Waals surface area contributed by atoms with Gasteiger partial charge in [0, 0.05) is 12.8 Å². The van der Waals surface area contributed by atoms with E-state index in [1.54, 1.807) is 19.9 Å². The molecule has 0 saturated carbocycles. The van der Waals surface area contributed by atoms with Crippen molar-refractivity contribution in [3.05, 3.63) is 28.8 Å². The van der Waals surface area contributed by atoms with Gasteiger partial charge in [0.25, 0.3) is 0 Å². The van der Waals surface area contributed by atoms with E-state index in [1.165, 1.54) is 6.07 Å². The molecule has 0 radical (unpaired) electrons. The third-order valence-corrected chi connectivity index (χ3v) is 3.43. The molecule has 2 rings (SSSR count). The molecule has 1 N–H and O–H groups in total. The summed E-state index contributed by atoms with van der Waals surface area (Å²) in [6.07, 6.45) is 1.87. The summed E-state index contributed by atoms with van der Waals surface area (Å²) in [4.78, 5) is 36.8. The van der Waals surface area contributed by atoms with E-state index in [0.29, 0.717) is 18.4 Å². The van der Waals surface area contributed by atoms with Crippen molar-refractivity contribution in [1.82, 2.24) is 0 Å². The van der Waals surface area contributed by atoms with Gasteiger partial charge in [-0.3, -0.25) is 9.59 Å². The molecule has 5 nitrogen and oxygen atoms in total. The molecule has 1 aromatic carbocycles. The van der Waals surface area contributed by atoms with Gasteiger partial charge in [0.2, 0.25) is 11.8 Å². The smallest absolute Gasteiger partial charge is 0.337 e. The summed E-state index contributed by atoms with van der Waals surface area (Å²) in [5, 5.41) is 9.34. The van der Waals surface area contributed by atoms with Crippen LogP contribution in [0.15, 0.2) is 12.1 Å². The lowest BCUT2D eigenvalue weighted by atomic mass is 10.0. The highest BCUT2D eigenvalue weighted by Crippen LogP contribution is 2.30. The van der Waals surface area contributed by atoms with Crippen LogP contribution in [0.5, 0.6) is 0 Å². The van der Waals surface area contributed by atoms with Crippen molar-refractivity contribution < 1.29 is 19.5 Å². The number of benzene rings is 1. The molecule has 1 fully saturated rings. The van der Waals surface area contributed by atoms with Crippen LogP contribution in [0.4, 0.5) is 5.69 Å². The van der Waals surface area contributed by atoms with E-state index >= 15 is 0 Å². The number of carboxylic acids is 1. The highest BCUT2D eigenvalue weighted by atomic mass is 16.4. The van der Waals surface area contributed by atoms with Crippen molar-refractivity contribution in [2.24, 2.45) is 0 Å². The molecule has 1 aromatic rings. The first-order chi connectivity index (χ1) is 9.41. The van der Waals surface area contributed by atoms with Crippen molar-refractivity contribution in [1.29, 1.82) is 0 Å². The summed E-state index contributed by atoms with van der Waals surface area (Å²) in [6, 6.07) is 3.28. The summed E-state index contributed by atoms with van der Waals surface area (Å²) in [5.74, 6) is -1.76. The summed E-state index contributed by atoms with van der Waals surface area (Å²) >= 11 is 0. The van der Waals surface area contributed by atoms with Gasteiger partial charge in [0.05, 0.1) is 11.3 Å². The predicted molar refractivity (Wildman–Crippen MR) is 73.8 cm³/mol. The Balaban J connectivity index is 2.63. The number of anilines is 1. The largest absolute Gasteiger partial charge is 0.478 e. The number of nitrogens with zero attached hydrogens (tertiary/aromatic N) is 1. The lowest BCUT2D eigenvalue weighted by Gasteiger charge is -2.23. The second-order valence-corrected chi connectivity index (χ2v) is 5.11. The maximum absolute atomic E-state index is 12.1. The number of carbonyl (C=O) groups is 3. The molecule has 0 aromatic heterocycles. The molecule has 0 unspecified atom stereocenters. The van der Waals surface area contributed by atoms with Crippen LogP contribution < -0.4 is 4.90 Å². The summed E-state index contributed by atoms with van der Waals surface area (Å²) < 4.78 is 0. The number of rotatable bonds is 2. The topological polar surface area (TPSA) is 74.7 Å². The Morgan fingerprint density at radius 1 is 1.10 bits per heavy atom. The molecule has 1 aliphatic rings. The van der Waals surface area contributed by atoms with Crippen LogP contribution in [0.1, 0.15) is 47.2 Å². The first kappa shape index (κ1) is 14.2. The van der Waals surface area contributed by atoms with Gasteiger partial charge in [-0.15, -0.1) is 0 Å². The van der Waals surface area contributed by atoms with Crippen molar-refractivity contribution >= 4 is 23.5 Å². The Morgan fingerprint density at radius 3 is 2.15 bits per heavy atom. The van der Waals surface area contributed by atoms with Crippen LogP contribution in [-0.2, 0) is 9.59 Å². The Labute approximate surface area is 117 Å². The average molecular weight is 275 g/mol.